The third-order valence-corrected chi connectivity index (χ3v) is 4.44. The Labute approximate surface area is 146 Å². The van der Waals surface area contributed by atoms with Crippen LogP contribution in [-0.2, 0) is 0 Å². The molecule has 1 amide bonds. The van der Waals surface area contributed by atoms with Crippen molar-refractivity contribution >= 4 is 23.2 Å². The minimum Gasteiger partial charge on any atom is -0.322 e. The molecule has 0 fully saturated rings. The Hall–Kier alpha value is -2.59. The van der Waals surface area contributed by atoms with Crippen LogP contribution < -0.4 is 5.32 Å². The number of carbonyl (C=O) groups is 1. The zero-order chi connectivity index (χ0) is 17.3. The number of carbonyl (C=O) groups excluding carboxylic acids is 1. The van der Waals surface area contributed by atoms with Crippen molar-refractivity contribution in [1.29, 1.82) is 0 Å². The molecule has 24 heavy (non-hydrogen) atoms. The van der Waals surface area contributed by atoms with Gasteiger partial charge in [-0.25, -0.2) is 4.68 Å². The zero-order valence-electron chi connectivity index (χ0n) is 13.8. The fraction of sp³-hybridized carbons (Fsp3) is 0.158. The third-order valence-electron chi connectivity index (χ3n) is 4.04. The summed E-state index contributed by atoms with van der Waals surface area (Å²) in [6.07, 6.45) is 0. The van der Waals surface area contributed by atoms with Crippen LogP contribution in [0, 0.1) is 20.8 Å². The van der Waals surface area contributed by atoms with Crippen molar-refractivity contribution in [3.63, 3.8) is 0 Å². The van der Waals surface area contributed by atoms with Crippen LogP contribution in [0.4, 0.5) is 5.69 Å². The molecule has 0 aliphatic rings. The summed E-state index contributed by atoms with van der Waals surface area (Å²) in [6.45, 7) is 5.62. The van der Waals surface area contributed by atoms with Crippen LogP contribution in [0.3, 0.4) is 0 Å². The summed E-state index contributed by atoms with van der Waals surface area (Å²) >= 11 is 6.12. The molecule has 2 aromatic carbocycles. The van der Waals surface area contributed by atoms with Gasteiger partial charge in [0, 0.05) is 10.7 Å². The Balaban J connectivity index is 1.96. The number of amides is 1. The van der Waals surface area contributed by atoms with Gasteiger partial charge < -0.3 is 5.32 Å². The van der Waals surface area contributed by atoms with Crippen molar-refractivity contribution in [1.82, 2.24) is 9.78 Å². The second-order valence-electron chi connectivity index (χ2n) is 5.66. The van der Waals surface area contributed by atoms with Crippen molar-refractivity contribution in [3.05, 3.63) is 76.1 Å². The summed E-state index contributed by atoms with van der Waals surface area (Å²) in [7, 11) is 0. The highest BCUT2D eigenvalue weighted by Gasteiger charge is 2.20. The number of anilines is 1. The number of nitrogens with one attached hydrogen (secondary N) is 1. The topological polar surface area (TPSA) is 46.9 Å². The predicted molar refractivity (Wildman–Crippen MR) is 97.2 cm³/mol. The van der Waals surface area contributed by atoms with Crippen LogP contribution in [0.2, 0.25) is 5.02 Å². The van der Waals surface area contributed by atoms with E-state index in [0.29, 0.717) is 22.0 Å². The smallest absolute Gasteiger partial charge is 0.259 e. The van der Waals surface area contributed by atoms with Gasteiger partial charge in [0.2, 0.25) is 0 Å². The molecule has 3 rings (SSSR count). The molecule has 5 heteroatoms. The van der Waals surface area contributed by atoms with E-state index in [9.17, 15) is 4.79 Å². The number of rotatable bonds is 3. The molecular weight excluding hydrogens is 322 g/mol. The molecule has 1 heterocycles. The second-order valence-corrected chi connectivity index (χ2v) is 6.07. The van der Waals surface area contributed by atoms with Gasteiger partial charge in [0.1, 0.15) is 0 Å². The molecule has 0 bridgehead atoms. The molecule has 0 saturated carbocycles. The highest BCUT2D eigenvalue weighted by molar-refractivity contribution is 6.31. The van der Waals surface area contributed by atoms with Crippen LogP contribution in [0.1, 0.15) is 27.3 Å². The van der Waals surface area contributed by atoms with E-state index >= 15 is 0 Å². The lowest BCUT2D eigenvalue weighted by Gasteiger charge is -2.10. The van der Waals surface area contributed by atoms with Gasteiger partial charge in [0.15, 0.2) is 0 Å². The fourth-order valence-electron chi connectivity index (χ4n) is 2.72. The molecule has 0 saturated heterocycles. The molecular formula is C19H18ClN3O. The lowest BCUT2D eigenvalue weighted by atomic mass is 10.1. The van der Waals surface area contributed by atoms with Crippen LogP contribution in [-0.4, -0.2) is 15.7 Å². The Morgan fingerprint density at radius 1 is 1.04 bits per heavy atom. The van der Waals surface area contributed by atoms with Crippen molar-refractivity contribution in [2.24, 2.45) is 0 Å². The van der Waals surface area contributed by atoms with Crippen LogP contribution >= 0.6 is 11.6 Å². The normalized spacial score (nSPS) is 10.7. The highest BCUT2D eigenvalue weighted by Crippen LogP contribution is 2.25. The summed E-state index contributed by atoms with van der Waals surface area (Å²) in [6, 6.07) is 15.2. The average molecular weight is 340 g/mol. The number of hydrogen-bond donors (Lipinski definition) is 1. The molecule has 3 aromatic rings. The van der Waals surface area contributed by atoms with Gasteiger partial charge in [-0.2, -0.15) is 5.10 Å². The SMILES string of the molecule is Cc1nn(-c2ccccc2)c(C)c1C(=O)Nc1cccc(Cl)c1C. The Kier molecular flexibility index (Phi) is 4.40. The zero-order valence-corrected chi connectivity index (χ0v) is 14.6. The summed E-state index contributed by atoms with van der Waals surface area (Å²) < 4.78 is 1.79. The summed E-state index contributed by atoms with van der Waals surface area (Å²) in [5.41, 5.74) is 4.55. The predicted octanol–water partition coefficient (Wildman–Crippen LogP) is 4.70. The number of para-hydroxylation sites is 1. The molecule has 1 N–H and O–H groups in total. The quantitative estimate of drug-likeness (QED) is 0.751. The Morgan fingerprint density at radius 2 is 1.75 bits per heavy atom. The second kappa shape index (κ2) is 6.49. The average Bonchev–Trinajstić information content (AvgIpc) is 2.87. The number of halogens is 1. The standard InChI is InChI=1S/C19H18ClN3O/c1-12-16(20)10-7-11-17(12)21-19(24)18-13(2)22-23(14(18)3)15-8-5-4-6-9-15/h4-11H,1-3H3,(H,21,24). The van der Waals surface area contributed by atoms with Crippen LogP contribution in [0.15, 0.2) is 48.5 Å². The first-order chi connectivity index (χ1) is 11.5. The number of benzene rings is 2. The van der Waals surface area contributed by atoms with E-state index in [-0.39, 0.29) is 5.91 Å². The minimum absolute atomic E-state index is 0.183. The molecule has 0 aliphatic heterocycles. The van der Waals surface area contributed by atoms with E-state index in [1.54, 1.807) is 10.7 Å². The molecule has 0 radical (unpaired) electrons. The molecule has 0 atom stereocenters. The van der Waals surface area contributed by atoms with Gasteiger partial charge in [0.25, 0.3) is 5.91 Å². The highest BCUT2D eigenvalue weighted by atomic mass is 35.5. The number of aromatic nitrogens is 2. The van der Waals surface area contributed by atoms with Crippen molar-refractivity contribution < 1.29 is 4.79 Å². The number of aryl methyl sites for hydroxylation is 1. The lowest BCUT2D eigenvalue weighted by molar-refractivity contribution is 0.102. The fourth-order valence-corrected chi connectivity index (χ4v) is 2.89. The van der Waals surface area contributed by atoms with Gasteiger partial charge in [-0.15, -0.1) is 0 Å². The van der Waals surface area contributed by atoms with E-state index in [4.69, 9.17) is 11.6 Å². The Bertz CT molecular complexity index is 900. The maximum Gasteiger partial charge on any atom is 0.259 e. The molecule has 0 unspecified atom stereocenters. The van der Waals surface area contributed by atoms with Crippen LogP contribution in [0.5, 0.6) is 0 Å². The van der Waals surface area contributed by atoms with E-state index in [1.807, 2.05) is 63.2 Å². The molecule has 122 valence electrons. The number of nitrogens with zero attached hydrogens (tertiary/aromatic N) is 2. The third kappa shape index (κ3) is 2.93. The summed E-state index contributed by atoms with van der Waals surface area (Å²) in [5, 5.41) is 8.08. The molecule has 0 aliphatic carbocycles. The largest absolute Gasteiger partial charge is 0.322 e. The van der Waals surface area contributed by atoms with E-state index in [2.05, 4.69) is 10.4 Å². The van der Waals surface area contributed by atoms with Gasteiger partial charge in [-0.1, -0.05) is 35.9 Å². The minimum atomic E-state index is -0.183. The van der Waals surface area contributed by atoms with Gasteiger partial charge in [0.05, 0.1) is 22.6 Å². The Morgan fingerprint density at radius 3 is 2.46 bits per heavy atom. The summed E-state index contributed by atoms with van der Waals surface area (Å²) in [5.74, 6) is -0.183. The molecule has 4 nitrogen and oxygen atoms in total. The lowest BCUT2D eigenvalue weighted by Crippen LogP contribution is -2.15. The van der Waals surface area contributed by atoms with Crippen molar-refractivity contribution in [2.75, 3.05) is 5.32 Å². The number of hydrogen-bond acceptors (Lipinski definition) is 2. The van der Waals surface area contributed by atoms with E-state index in [0.717, 1.165) is 16.9 Å². The monoisotopic (exact) mass is 339 g/mol. The maximum atomic E-state index is 12.8. The van der Waals surface area contributed by atoms with Gasteiger partial charge in [-0.3, -0.25) is 4.79 Å². The van der Waals surface area contributed by atoms with Crippen molar-refractivity contribution in [3.8, 4) is 5.69 Å². The van der Waals surface area contributed by atoms with Gasteiger partial charge >= 0.3 is 0 Å². The first kappa shape index (κ1) is 16.3. The van der Waals surface area contributed by atoms with E-state index in [1.165, 1.54) is 0 Å². The van der Waals surface area contributed by atoms with Crippen LogP contribution in [0.25, 0.3) is 5.69 Å². The molecule has 1 aromatic heterocycles. The van der Waals surface area contributed by atoms with Crippen molar-refractivity contribution in [2.45, 2.75) is 20.8 Å². The van der Waals surface area contributed by atoms with Gasteiger partial charge in [-0.05, 0) is 50.6 Å². The molecule has 0 spiro atoms. The first-order valence-corrected chi connectivity index (χ1v) is 8.05. The first-order valence-electron chi connectivity index (χ1n) is 7.67. The van der Waals surface area contributed by atoms with E-state index < -0.39 is 0 Å². The maximum absolute atomic E-state index is 12.8. The summed E-state index contributed by atoms with van der Waals surface area (Å²) in [4.78, 5) is 12.8.